The number of halogens is 3. The summed E-state index contributed by atoms with van der Waals surface area (Å²) in [6, 6.07) is 14.9. The van der Waals surface area contributed by atoms with E-state index in [4.69, 9.17) is 14.2 Å². The Balaban J connectivity index is 1.37. The molecule has 0 spiro atoms. The average Bonchev–Trinajstić information content (AvgIpc) is 2.98. The topological polar surface area (TPSA) is 27.7 Å². The maximum atomic E-state index is 15.0. The number of rotatable bonds is 13. The number of hydrogen-bond acceptors (Lipinski definition) is 3. The van der Waals surface area contributed by atoms with Gasteiger partial charge < -0.3 is 14.2 Å². The minimum Gasteiger partial charge on any atom is -0.490 e. The Morgan fingerprint density at radius 2 is 1.52 bits per heavy atom. The Morgan fingerprint density at radius 1 is 0.825 bits per heavy atom. The van der Waals surface area contributed by atoms with E-state index in [2.05, 4.69) is 13.0 Å². The predicted octanol–water partition coefficient (Wildman–Crippen LogP) is 9.80. The number of ether oxygens (including phenoxy) is 3. The van der Waals surface area contributed by atoms with Crippen LogP contribution in [-0.2, 0) is 9.47 Å². The fourth-order valence-electron chi connectivity index (χ4n) is 4.88. The SMILES string of the molecule is C/C=C/CCC1COC(c2ccc(-c3ccc(-c4ccc(OCCCCCCC)c(F)c4F)cc3)cc2F)OC1. The average molecular weight is 553 g/mol. The molecule has 0 aromatic heterocycles. The van der Waals surface area contributed by atoms with Crippen molar-refractivity contribution in [2.24, 2.45) is 5.92 Å². The summed E-state index contributed by atoms with van der Waals surface area (Å²) in [5.74, 6) is -2.10. The van der Waals surface area contributed by atoms with Crippen molar-refractivity contribution >= 4 is 0 Å². The Kier molecular flexibility index (Phi) is 11.2. The summed E-state index contributed by atoms with van der Waals surface area (Å²) in [5, 5.41) is 0. The highest BCUT2D eigenvalue weighted by Crippen LogP contribution is 2.34. The standard InChI is InChI=1S/C34H39F3O3/c1-3-5-7-8-10-20-38-31-19-18-28(32(36)33(31)37)26-14-12-25(13-15-26)27-16-17-29(30(35)21-27)34-39-22-24(23-40-34)11-9-6-4-2/h4,6,12-19,21,24,34H,3,5,7-11,20,22-23H2,1-2H3/b6-4+. The number of benzene rings is 3. The number of allylic oxidation sites excluding steroid dienone is 2. The minimum absolute atomic E-state index is 0.0704. The van der Waals surface area contributed by atoms with E-state index >= 15 is 4.39 Å². The zero-order valence-corrected chi connectivity index (χ0v) is 23.4. The van der Waals surface area contributed by atoms with Crippen LogP contribution >= 0.6 is 0 Å². The van der Waals surface area contributed by atoms with Crippen LogP contribution in [0.25, 0.3) is 22.3 Å². The van der Waals surface area contributed by atoms with Crippen LogP contribution in [-0.4, -0.2) is 19.8 Å². The van der Waals surface area contributed by atoms with Gasteiger partial charge in [-0.05, 0) is 61.1 Å². The molecule has 1 aliphatic rings. The predicted molar refractivity (Wildman–Crippen MR) is 154 cm³/mol. The second kappa shape index (κ2) is 15.1. The van der Waals surface area contributed by atoms with E-state index in [-0.39, 0.29) is 11.3 Å². The van der Waals surface area contributed by atoms with Crippen molar-refractivity contribution in [3.63, 3.8) is 0 Å². The van der Waals surface area contributed by atoms with Gasteiger partial charge in [-0.15, -0.1) is 0 Å². The van der Waals surface area contributed by atoms with E-state index in [1.807, 2.05) is 19.1 Å². The molecule has 3 nitrogen and oxygen atoms in total. The van der Waals surface area contributed by atoms with E-state index in [1.165, 1.54) is 24.6 Å². The lowest BCUT2D eigenvalue weighted by molar-refractivity contribution is -0.207. The lowest BCUT2D eigenvalue weighted by Gasteiger charge is -2.29. The van der Waals surface area contributed by atoms with Crippen molar-refractivity contribution < 1.29 is 27.4 Å². The van der Waals surface area contributed by atoms with E-state index in [1.54, 1.807) is 30.3 Å². The molecular formula is C34H39F3O3. The first kappa shape index (κ1) is 29.9. The van der Waals surface area contributed by atoms with Crippen LogP contribution in [0.15, 0.2) is 66.7 Å². The molecule has 1 fully saturated rings. The molecule has 0 unspecified atom stereocenters. The van der Waals surface area contributed by atoms with Gasteiger partial charge in [-0.3, -0.25) is 0 Å². The van der Waals surface area contributed by atoms with Gasteiger partial charge >= 0.3 is 0 Å². The summed E-state index contributed by atoms with van der Waals surface area (Å²) in [4.78, 5) is 0. The van der Waals surface area contributed by atoms with Gasteiger partial charge in [-0.25, -0.2) is 8.78 Å². The Hall–Kier alpha value is -3.09. The highest BCUT2D eigenvalue weighted by molar-refractivity contribution is 5.71. The second-order valence-corrected chi connectivity index (χ2v) is 10.3. The zero-order valence-electron chi connectivity index (χ0n) is 23.4. The van der Waals surface area contributed by atoms with Gasteiger partial charge in [0.05, 0.1) is 19.8 Å². The van der Waals surface area contributed by atoms with Gasteiger partial charge in [-0.1, -0.05) is 81.2 Å². The maximum Gasteiger partial charge on any atom is 0.201 e. The molecule has 0 amide bonds. The van der Waals surface area contributed by atoms with Crippen LogP contribution in [0.2, 0.25) is 0 Å². The van der Waals surface area contributed by atoms with E-state index in [0.29, 0.717) is 42.4 Å². The molecule has 0 aliphatic carbocycles. The fraction of sp³-hybridized carbons (Fsp3) is 0.412. The van der Waals surface area contributed by atoms with Crippen LogP contribution in [0.3, 0.4) is 0 Å². The monoisotopic (exact) mass is 552 g/mol. The Bertz CT molecular complexity index is 1250. The van der Waals surface area contributed by atoms with Crippen LogP contribution in [0.5, 0.6) is 5.75 Å². The molecule has 0 atom stereocenters. The Morgan fingerprint density at radius 3 is 2.23 bits per heavy atom. The third-order valence-corrected chi connectivity index (χ3v) is 7.28. The first-order valence-electron chi connectivity index (χ1n) is 14.4. The zero-order chi connectivity index (χ0) is 28.3. The molecule has 3 aromatic carbocycles. The first-order chi connectivity index (χ1) is 19.5. The molecule has 4 rings (SSSR count). The maximum absolute atomic E-state index is 15.0. The smallest absolute Gasteiger partial charge is 0.201 e. The van der Waals surface area contributed by atoms with Gasteiger partial charge in [-0.2, -0.15) is 4.39 Å². The lowest BCUT2D eigenvalue weighted by Crippen LogP contribution is -2.27. The van der Waals surface area contributed by atoms with E-state index < -0.39 is 23.7 Å². The molecule has 0 saturated carbocycles. The number of unbranched alkanes of at least 4 members (excludes halogenated alkanes) is 4. The van der Waals surface area contributed by atoms with Crippen molar-refractivity contribution in [1.82, 2.24) is 0 Å². The number of hydrogen-bond donors (Lipinski definition) is 0. The van der Waals surface area contributed by atoms with E-state index in [9.17, 15) is 8.78 Å². The molecule has 0 bridgehead atoms. The van der Waals surface area contributed by atoms with Gasteiger partial charge in [0, 0.05) is 17.0 Å². The highest BCUT2D eigenvalue weighted by Gasteiger charge is 2.25. The molecule has 40 heavy (non-hydrogen) atoms. The van der Waals surface area contributed by atoms with Crippen molar-refractivity contribution in [3.8, 4) is 28.0 Å². The van der Waals surface area contributed by atoms with Crippen molar-refractivity contribution in [2.45, 2.75) is 65.1 Å². The summed E-state index contributed by atoms with van der Waals surface area (Å²) in [6.45, 7) is 5.57. The Labute approximate surface area is 236 Å². The molecule has 0 N–H and O–H groups in total. The van der Waals surface area contributed by atoms with Gasteiger partial charge in [0.15, 0.2) is 17.9 Å². The quantitative estimate of drug-likeness (QED) is 0.156. The fourth-order valence-corrected chi connectivity index (χ4v) is 4.88. The van der Waals surface area contributed by atoms with Gasteiger partial charge in [0.1, 0.15) is 5.82 Å². The highest BCUT2D eigenvalue weighted by atomic mass is 19.2. The minimum atomic E-state index is -0.982. The summed E-state index contributed by atoms with van der Waals surface area (Å²) in [6.07, 6.45) is 10.6. The van der Waals surface area contributed by atoms with Crippen molar-refractivity contribution in [3.05, 3.63) is 89.8 Å². The van der Waals surface area contributed by atoms with Crippen LogP contribution in [0.4, 0.5) is 13.2 Å². The molecule has 3 aromatic rings. The third-order valence-electron chi connectivity index (χ3n) is 7.28. The lowest BCUT2D eigenvalue weighted by atomic mass is 9.98. The van der Waals surface area contributed by atoms with Gasteiger partial charge in [0.2, 0.25) is 5.82 Å². The summed E-state index contributed by atoms with van der Waals surface area (Å²) >= 11 is 0. The largest absolute Gasteiger partial charge is 0.490 e. The summed E-state index contributed by atoms with van der Waals surface area (Å²) in [5.41, 5.74) is 2.47. The second-order valence-electron chi connectivity index (χ2n) is 10.3. The molecule has 0 radical (unpaired) electrons. The van der Waals surface area contributed by atoms with Crippen molar-refractivity contribution in [1.29, 1.82) is 0 Å². The third kappa shape index (κ3) is 7.76. The van der Waals surface area contributed by atoms with Crippen LogP contribution in [0, 0.1) is 23.4 Å². The van der Waals surface area contributed by atoms with Crippen molar-refractivity contribution in [2.75, 3.05) is 19.8 Å². The van der Waals surface area contributed by atoms with Crippen LogP contribution < -0.4 is 4.74 Å². The van der Waals surface area contributed by atoms with E-state index in [0.717, 1.165) is 44.1 Å². The molecule has 214 valence electrons. The van der Waals surface area contributed by atoms with Crippen LogP contribution in [0.1, 0.15) is 70.6 Å². The molecule has 1 heterocycles. The summed E-state index contributed by atoms with van der Waals surface area (Å²) < 4.78 is 61.7. The summed E-state index contributed by atoms with van der Waals surface area (Å²) in [7, 11) is 0. The molecule has 6 heteroatoms. The molecule has 1 saturated heterocycles. The molecule has 1 aliphatic heterocycles. The van der Waals surface area contributed by atoms with Gasteiger partial charge in [0.25, 0.3) is 0 Å². The molecular weight excluding hydrogens is 513 g/mol. The first-order valence-corrected chi connectivity index (χ1v) is 14.4. The normalized spacial score (nSPS) is 17.4.